The number of likely N-dealkylation sites (tertiary alicyclic amines) is 1. The zero-order valence-corrected chi connectivity index (χ0v) is 11.4. The normalized spacial score (nSPS) is 17.6. The van der Waals surface area contributed by atoms with Crippen molar-refractivity contribution in [2.75, 3.05) is 13.6 Å². The van der Waals surface area contributed by atoms with Crippen molar-refractivity contribution < 1.29 is 19.6 Å². The lowest BCUT2D eigenvalue weighted by Gasteiger charge is -2.23. The quantitative estimate of drug-likeness (QED) is 0.627. The monoisotopic (exact) mass is 293 g/mol. The Balaban J connectivity index is 2.34. The Morgan fingerprint density at radius 1 is 1.48 bits per heavy atom. The van der Waals surface area contributed by atoms with E-state index in [4.69, 9.17) is 0 Å². The van der Waals surface area contributed by atoms with Gasteiger partial charge in [-0.05, 0) is 18.9 Å². The molecule has 21 heavy (non-hydrogen) atoms. The Morgan fingerprint density at radius 2 is 2.19 bits per heavy atom. The lowest BCUT2D eigenvalue weighted by molar-refractivity contribution is -0.385. The number of likely N-dealkylation sites (N-methyl/N-ethyl adjacent to an activating group) is 1. The third-order valence-corrected chi connectivity index (χ3v) is 3.50. The molecule has 0 aromatic heterocycles. The van der Waals surface area contributed by atoms with Crippen molar-refractivity contribution in [1.29, 1.82) is 0 Å². The fourth-order valence-electron chi connectivity index (χ4n) is 2.45. The summed E-state index contributed by atoms with van der Waals surface area (Å²) in [5.74, 6) is -1.54. The van der Waals surface area contributed by atoms with Crippen LogP contribution in [0.3, 0.4) is 0 Å². The van der Waals surface area contributed by atoms with Crippen LogP contribution in [0.2, 0.25) is 0 Å². The molecule has 0 radical (unpaired) electrons. The van der Waals surface area contributed by atoms with Crippen LogP contribution in [-0.2, 0) is 4.79 Å². The first-order valence-corrected chi connectivity index (χ1v) is 6.46. The number of carbonyl (C=O) groups excluding carboxylic acids is 2. The number of hydrogen-bond donors (Lipinski definition) is 2. The molecule has 2 rings (SSSR count). The third-order valence-electron chi connectivity index (χ3n) is 3.50. The molecule has 0 bridgehead atoms. The van der Waals surface area contributed by atoms with Gasteiger partial charge in [-0.25, -0.2) is 0 Å². The van der Waals surface area contributed by atoms with Gasteiger partial charge in [0.1, 0.15) is 6.04 Å². The van der Waals surface area contributed by atoms with E-state index in [2.05, 4.69) is 5.32 Å². The molecule has 1 saturated heterocycles. The predicted octanol–water partition coefficient (Wildman–Crippen LogP) is 0.651. The highest BCUT2D eigenvalue weighted by Gasteiger charge is 2.35. The lowest BCUT2D eigenvalue weighted by atomic mass is 10.1. The van der Waals surface area contributed by atoms with Gasteiger partial charge in [-0.1, -0.05) is 6.07 Å². The maximum Gasteiger partial charge on any atom is 0.311 e. The topological polar surface area (TPSA) is 113 Å². The number of amides is 2. The van der Waals surface area contributed by atoms with Crippen LogP contribution in [0, 0.1) is 10.1 Å². The maximum atomic E-state index is 12.4. The number of nitro groups is 1. The summed E-state index contributed by atoms with van der Waals surface area (Å²) in [6, 6.07) is 3.15. The van der Waals surface area contributed by atoms with E-state index in [-0.39, 0.29) is 11.5 Å². The number of carbonyl (C=O) groups is 2. The van der Waals surface area contributed by atoms with E-state index in [9.17, 15) is 24.8 Å². The largest absolute Gasteiger partial charge is 0.502 e. The second-order valence-electron chi connectivity index (χ2n) is 4.70. The zero-order valence-electron chi connectivity index (χ0n) is 11.4. The van der Waals surface area contributed by atoms with Crippen molar-refractivity contribution in [2.24, 2.45) is 0 Å². The highest BCUT2D eigenvalue weighted by atomic mass is 16.6. The number of phenolic OH excluding ortho intramolecular Hbond substituents is 1. The molecule has 0 spiro atoms. The number of nitrogens with one attached hydrogen (secondary N) is 1. The minimum atomic E-state index is -0.758. The molecule has 112 valence electrons. The highest BCUT2D eigenvalue weighted by molar-refractivity contribution is 6.00. The van der Waals surface area contributed by atoms with Crippen molar-refractivity contribution in [3.8, 4) is 5.75 Å². The smallest absolute Gasteiger partial charge is 0.311 e. The molecule has 1 aliphatic rings. The second kappa shape index (κ2) is 5.78. The third kappa shape index (κ3) is 2.64. The van der Waals surface area contributed by atoms with Crippen LogP contribution in [-0.4, -0.2) is 46.4 Å². The minimum absolute atomic E-state index is 0.167. The maximum absolute atomic E-state index is 12.4. The van der Waals surface area contributed by atoms with Crippen LogP contribution < -0.4 is 5.32 Å². The van der Waals surface area contributed by atoms with Crippen molar-refractivity contribution in [3.05, 3.63) is 33.9 Å². The first-order chi connectivity index (χ1) is 9.97. The zero-order chi connectivity index (χ0) is 15.6. The van der Waals surface area contributed by atoms with Crippen LogP contribution in [0.4, 0.5) is 5.69 Å². The average Bonchev–Trinajstić information content (AvgIpc) is 2.95. The Kier molecular flexibility index (Phi) is 4.06. The molecule has 1 aliphatic heterocycles. The molecule has 8 heteroatoms. The average molecular weight is 293 g/mol. The van der Waals surface area contributed by atoms with Gasteiger partial charge in [-0.15, -0.1) is 0 Å². The lowest BCUT2D eigenvalue weighted by Crippen LogP contribution is -2.44. The van der Waals surface area contributed by atoms with E-state index in [0.29, 0.717) is 19.4 Å². The molecule has 2 N–H and O–H groups in total. The second-order valence-corrected chi connectivity index (χ2v) is 4.70. The predicted molar refractivity (Wildman–Crippen MR) is 72.9 cm³/mol. The Labute approximate surface area is 120 Å². The Hall–Kier alpha value is -2.64. The number of aromatic hydroxyl groups is 1. The van der Waals surface area contributed by atoms with Crippen LogP contribution >= 0.6 is 0 Å². The van der Waals surface area contributed by atoms with Gasteiger partial charge in [0, 0.05) is 19.7 Å². The van der Waals surface area contributed by atoms with E-state index in [1.54, 1.807) is 0 Å². The summed E-state index contributed by atoms with van der Waals surface area (Å²) in [6.45, 7) is 0.374. The number of hydrogen-bond acceptors (Lipinski definition) is 5. The van der Waals surface area contributed by atoms with Crippen LogP contribution in [0.1, 0.15) is 23.2 Å². The van der Waals surface area contributed by atoms with E-state index in [0.717, 1.165) is 6.07 Å². The van der Waals surface area contributed by atoms with Crippen LogP contribution in [0.15, 0.2) is 18.2 Å². The Morgan fingerprint density at radius 3 is 2.81 bits per heavy atom. The number of phenols is 1. The summed E-state index contributed by atoms with van der Waals surface area (Å²) in [4.78, 5) is 35.5. The molecule has 1 aromatic carbocycles. The molecule has 0 saturated carbocycles. The van der Waals surface area contributed by atoms with Gasteiger partial charge in [0.15, 0.2) is 0 Å². The Bertz CT molecular complexity index is 601. The summed E-state index contributed by atoms with van der Waals surface area (Å²) >= 11 is 0. The molecule has 1 unspecified atom stereocenters. The molecular weight excluding hydrogens is 278 g/mol. The summed E-state index contributed by atoms with van der Waals surface area (Å²) in [5.41, 5.74) is -0.698. The van der Waals surface area contributed by atoms with E-state index in [1.807, 2.05) is 0 Å². The summed E-state index contributed by atoms with van der Waals surface area (Å²) in [5, 5.41) is 23.2. The molecular formula is C13H15N3O5. The van der Waals surface area contributed by atoms with E-state index < -0.39 is 28.3 Å². The minimum Gasteiger partial charge on any atom is -0.502 e. The number of nitro benzene ring substituents is 1. The van der Waals surface area contributed by atoms with E-state index in [1.165, 1.54) is 24.1 Å². The van der Waals surface area contributed by atoms with E-state index >= 15 is 0 Å². The first kappa shape index (κ1) is 14.8. The molecule has 1 atom stereocenters. The van der Waals surface area contributed by atoms with Gasteiger partial charge >= 0.3 is 5.69 Å². The van der Waals surface area contributed by atoms with Gasteiger partial charge in [0.05, 0.1) is 10.5 Å². The SMILES string of the molecule is CNC(=O)C1CCCN1C(=O)c1cccc([N+](=O)[O-])c1O. The standard InChI is InChI=1S/C13H15N3O5/c1-14-12(18)10-6-3-7-15(10)13(19)8-4-2-5-9(11(8)17)16(20)21/h2,4-5,10,17H,3,6-7H2,1H3,(H,14,18). The summed E-state index contributed by atoms with van der Waals surface area (Å²) in [7, 11) is 1.48. The van der Waals surface area contributed by atoms with Crippen molar-refractivity contribution in [1.82, 2.24) is 10.2 Å². The number of benzene rings is 1. The molecule has 1 fully saturated rings. The molecule has 1 heterocycles. The van der Waals surface area contributed by atoms with Gasteiger partial charge in [0.2, 0.25) is 11.7 Å². The number of para-hydroxylation sites is 1. The molecule has 2 amide bonds. The van der Waals surface area contributed by atoms with Crippen molar-refractivity contribution in [2.45, 2.75) is 18.9 Å². The van der Waals surface area contributed by atoms with Crippen LogP contribution in [0.25, 0.3) is 0 Å². The van der Waals surface area contributed by atoms with Crippen molar-refractivity contribution >= 4 is 17.5 Å². The van der Waals surface area contributed by atoms with Crippen LogP contribution in [0.5, 0.6) is 5.75 Å². The van der Waals surface area contributed by atoms with Crippen molar-refractivity contribution in [3.63, 3.8) is 0 Å². The van der Waals surface area contributed by atoms with Gasteiger partial charge < -0.3 is 15.3 Å². The molecule has 8 nitrogen and oxygen atoms in total. The fraction of sp³-hybridized carbons (Fsp3) is 0.385. The fourth-order valence-corrected chi connectivity index (χ4v) is 2.45. The number of rotatable bonds is 3. The highest BCUT2D eigenvalue weighted by Crippen LogP contribution is 2.31. The number of nitrogens with zero attached hydrogens (tertiary/aromatic N) is 2. The van der Waals surface area contributed by atoms with Gasteiger partial charge in [0.25, 0.3) is 5.91 Å². The van der Waals surface area contributed by atoms with Gasteiger partial charge in [-0.3, -0.25) is 19.7 Å². The molecule has 1 aromatic rings. The van der Waals surface area contributed by atoms with Gasteiger partial charge in [-0.2, -0.15) is 0 Å². The summed E-state index contributed by atoms with van der Waals surface area (Å²) in [6.07, 6.45) is 1.20. The first-order valence-electron chi connectivity index (χ1n) is 6.46. The molecule has 0 aliphatic carbocycles. The summed E-state index contributed by atoms with van der Waals surface area (Å²) < 4.78 is 0.